The minimum atomic E-state index is -0.267. The van der Waals surface area contributed by atoms with Crippen LogP contribution >= 0.6 is 0 Å². The highest BCUT2D eigenvalue weighted by Gasteiger charge is 2.27. The number of nitriles is 1. The van der Waals surface area contributed by atoms with Crippen molar-refractivity contribution in [2.24, 2.45) is 0 Å². The van der Waals surface area contributed by atoms with Crippen molar-refractivity contribution in [1.29, 1.82) is 5.26 Å². The summed E-state index contributed by atoms with van der Waals surface area (Å²) in [7, 11) is 0. The predicted octanol–water partition coefficient (Wildman–Crippen LogP) is 1.99. The van der Waals surface area contributed by atoms with Gasteiger partial charge in [0.2, 0.25) is 5.91 Å². The fourth-order valence-electron chi connectivity index (χ4n) is 2.99. The van der Waals surface area contributed by atoms with Gasteiger partial charge < -0.3 is 15.2 Å². The molecule has 2 N–H and O–H groups in total. The third-order valence-corrected chi connectivity index (χ3v) is 4.32. The number of carbonyl (C=O) groups excluding carboxylic acids is 1. The van der Waals surface area contributed by atoms with Crippen LogP contribution in [-0.4, -0.2) is 39.9 Å². The van der Waals surface area contributed by atoms with Crippen molar-refractivity contribution in [2.75, 3.05) is 13.1 Å². The van der Waals surface area contributed by atoms with Gasteiger partial charge in [0.25, 0.3) is 0 Å². The first-order valence-corrected chi connectivity index (χ1v) is 8.19. The van der Waals surface area contributed by atoms with Gasteiger partial charge in [0, 0.05) is 24.3 Å². The molecule has 1 fully saturated rings. The summed E-state index contributed by atoms with van der Waals surface area (Å²) in [5.74, 6) is 0.816. The van der Waals surface area contributed by atoms with Gasteiger partial charge in [-0.3, -0.25) is 4.79 Å². The van der Waals surface area contributed by atoms with Gasteiger partial charge >= 0.3 is 0 Å². The number of imidazole rings is 1. The molecule has 1 aromatic carbocycles. The fourth-order valence-corrected chi connectivity index (χ4v) is 2.99. The van der Waals surface area contributed by atoms with Gasteiger partial charge in [-0.05, 0) is 19.8 Å². The molecule has 1 unspecified atom stereocenters. The number of carbonyl (C=O) groups is 1. The molecular weight excluding hydrogens is 302 g/mol. The molecule has 1 saturated heterocycles. The number of nitrogens with one attached hydrogen (secondary N) is 2. The molecule has 0 saturated carbocycles. The standard InChI is InChI=1S/C18H21N5O/c1-13-16(22-18(21-13)14-6-3-2-4-7-14)11-20-12-17(24)23-9-5-8-15(23)10-19/h2-4,6-7,15,20H,5,8-9,11-12H2,1H3,(H,21,22). The van der Waals surface area contributed by atoms with Gasteiger partial charge in [0.05, 0.1) is 18.3 Å². The molecule has 6 nitrogen and oxygen atoms in total. The maximum atomic E-state index is 12.2. The minimum Gasteiger partial charge on any atom is -0.342 e. The summed E-state index contributed by atoms with van der Waals surface area (Å²) in [6.45, 7) is 3.40. The lowest BCUT2D eigenvalue weighted by Gasteiger charge is -2.19. The quantitative estimate of drug-likeness (QED) is 0.881. The summed E-state index contributed by atoms with van der Waals surface area (Å²) in [6.07, 6.45) is 1.68. The van der Waals surface area contributed by atoms with Gasteiger partial charge in [0.15, 0.2) is 0 Å². The van der Waals surface area contributed by atoms with Crippen LogP contribution in [0.2, 0.25) is 0 Å². The average Bonchev–Trinajstić information content (AvgIpc) is 3.22. The van der Waals surface area contributed by atoms with E-state index in [2.05, 4.69) is 21.4 Å². The normalized spacial score (nSPS) is 17.0. The second-order valence-electron chi connectivity index (χ2n) is 6.00. The summed E-state index contributed by atoms with van der Waals surface area (Å²) in [5, 5.41) is 12.2. The summed E-state index contributed by atoms with van der Waals surface area (Å²) in [4.78, 5) is 21.8. The number of aromatic amines is 1. The van der Waals surface area contributed by atoms with E-state index in [-0.39, 0.29) is 18.5 Å². The van der Waals surface area contributed by atoms with Crippen LogP contribution in [0.4, 0.5) is 0 Å². The van der Waals surface area contributed by atoms with Crippen LogP contribution in [0, 0.1) is 18.3 Å². The Morgan fingerprint density at radius 3 is 3.00 bits per heavy atom. The van der Waals surface area contributed by atoms with Crippen molar-refractivity contribution in [2.45, 2.75) is 32.4 Å². The Balaban J connectivity index is 1.57. The Hall–Kier alpha value is -2.65. The Morgan fingerprint density at radius 1 is 1.46 bits per heavy atom. The molecule has 124 valence electrons. The van der Waals surface area contributed by atoms with Crippen LogP contribution in [0.1, 0.15) is 24.2 Å². The first-order valence-electron chi connectivity index (χ1n) is 8.19. The molecule has 0 bridgehead atoms. The van der Waals surface area contributed by atoms with Crippen molar-refractivity contribution < 1.29 is 4.79 Å². The van der Waals surface area contributed by atoms with Crippen molar-refractivity contribution in [3.05, 3.63) is 41.7 Å². The van der Waals surface area contributed by atoms with E-state index < -0.39 is 0 Å². The van der Waals surface area contributed by atoms with Crippen LogP contribution in [0.3, 0.4) is 0 Å². The maximum Gasteiger partial charge on any atom is 0.237 e. The van der Waals surface area contributed by atoms with Gasteiger partial charge in [-0.2, -0.15) is 5.26 Å². The van der Waals surface area contributed by atoms with Crippen LogP contribution in [0.25, 0.3) is 11.4 Å². The summed E-state index contributed by atoms with van der Waals surface area (Å²) < 4.78 is 0. The van der Waals surface area contributed by atoms with E-state index in [9.17, 15) is 4.79 Å². The molecular formula is C18H21N5O. The number of hydrogen-bond donors (Lipinski definition) is 2. The molecule has 6 heteroatoms. The third-order valence-electron chi connectivity index (χ3n) is 4.32. The van der Waals surface area contributed by atoms with Gasteiger partial charge in [0.1, 0.15) is 11.9 Å². The highest BCUT2D eigenvalue weighted by molar-refractivity contribution is 5.79. The zero-order chi connectivity index (χ0) is 16.9. The fraction of sp³-hybridized carbons (Fsp3) is 0.389. The smallest absolute Gasteiger partial charge is 0.237 e. The number of amides is 1. The average molecular weight is 323 g/mol. The number of rotatable bonds is 5. The zero-order valence-corrected chi connectivity index (χ0v) is 13.7. The van der Waals surface area contributed by atoms with E-state index in [1.54, 1.807) is 4.90 Å². The molecule has 2 heterocycles. The van der Waals surface area contributed by atoms with Crippen molar-refractivity contribution in [3.63, 3.8) is 0 Å². The summed E-state index contributed by atoms with van der Waals surface area (Å²) in [5.41, 5.74) is 2.93. The van der Waals surface area contributed by atoms with E-state index in [1.165, 1.54) is 0 Å². The number of nitrogens with zero attached hydrogens (tertiary/aromatic N) is 3. The molecule has 3 rings (SSSR count). The Labute approximate surface area is 141 Å². The molecule has 1 atom stereocenters. The highest BCUT2D eigenvalue weighted by Crippen LogP contribution is 2.18. The molecule has 1 amide bonds. The number of H-pyrrole nitrogens is 1. The number of aromatic nitrogens is 2. The van der Waals surface area contributed by atoms with Crippen molar-refractivity contribution in [3.8, 4) is 17.5 Å². The van der Waals surface area contributed by atoms with E-state index >= 15 is 0 Å². The zero-order valence-electron chi connectivity index (χ0n) is 13.7. The highest BCUT2D eigenvalue weighted by atomic mass is 16.2. The molecule has 1 aliphatic heterocycles. The molecule has 0 radical (unpaired) electrons. The van der Waals surface area contributed by atoms with Crippen LogP contribution in [0.15, 0.2) is 30.3 Å². The van der Waals surface area contributed by atoms with E-state index in [4.69, 9.17) is 5.26 Å². The Kier molecular flexibility index (Phi) is 4.92. The Bertz CT molecular complexity index is 747. The van der Waals surface area contributed by atoms with Crippen molar-refractivity contribution >= 4 is 5.91 Å². The van der Waals surface area contributed by atoms with Gasteiger partial charge in [-0.1, -0.05) is 30.3 Å². The topological polar surface area (TPSA) is 84.8 Å². The molecule has 1 aliphatic rings. The summed E-state index contributed by atoms with van der Waals surface area (Å²) >= 11 is 0. The molecule has 1 aromatic heterocycles. The second-order valence-corrected chi connectivity index (χ2v) is 6.00. The summed E-state index contributed by atoms with van der Waals surface area (Å²) in [6, 6.07) is 11.9. The van der Waals surface area contributed by atoms with Crippen LogP contribution < -0.4 is 5.32 Å². The minimum absolute atomic E-state index is 0.0180. The number of hydrogen-bond acceptors (Lipinski definition) is 4. The third kappa shape index (κ3) is 3.47. The second kappa shape index (κ2) is 7.28. The van der Waals surface area contributed by atoms with Gasteiger partial charge in [-0.25, -0.2) is 4.98 Å². The molecule has 0 aliphatic carbocycles. The van der Waals surface area contributed by atoms with Crippen LogP contribution in [-0.2, 0) is 11.3 Å². The lowest BCUT2D eigenvalue weighted by atomic mass is 10.2. The largest absolute Gasteiger partial charge is 0.342 e. The number of benzene rings is 1. The maximum absolute atomic E-state index is 12.2. The first-order chi connectivity index (χ1) is 11.7. The predicted molar refractivity (Wildman–Crippen MR) is 90.8 cm³/mol. The number of aryl methyl sites for hydroxylation is 1. The first kappa shape index (κ1) is 16.2. The molecule has 0 spiro atoms. The SMILES string of the molecule is Cc1[nH]c(-c2ccccc2)nc1CNCC(=O)N1CCCC1C#N. The Morgan fingerprint density at radius 2 is 2.25 bits per heavy atom. The lowest BCUT2D eigenvalue weighted by Crippen LogP contribution is -2.40. The van der Waals surface area contributed by atoms with Crippen molar-refractivity contribution in [1.82, 2.24) is 20.2 Å². The molecule has 2 aromatic rings. The van der Waals surface area contributed by atoms with Gasteiger partial charge in [-0.15, -0.1) is 0 Å². The lowest BCUT2D eigenvalue weighted by molar-refractivity contribution is -0.130. The van der Waals surface area contributed by atoms with Crippen LogP contribution in [0.5, 0.6) is 0 Å². The monoisotopic (exact) mass is 323 g/mol. The molecule has 24 heavy (non-hydrogen) atoms. The van der Waals surface area contributed by atoms with E-state index in [0.717, 1.165) is 35.6 Å². The van der Waals surface area contributed by atoms with E-state index in [0.29, 0.717) is 13.1 Å². The van der Waals surface area contributed by atoms with E-state index in [1.807, 2.05) is 37.3 Å². The number of likely N-dealkylation sites (tertiary alicyclic amines) is 1.